The molecular weight excluding hydrogens is 244 g/mol. The van der Waals surface area contributed by atoms with Crippen LogP contribution in [-0.2, 0) is 6.54 Å². The maximum Gasteiger partial charge on any atom is 0.251 e. The first-order valence-corrected chi connectivity index (χ1v) is 7.40. The van der Waals surface area contributed by atoms with E-state index in [1.165, 1.54) is 17.7 Å². The summed E-state index contributed by atoms with van der Waals surface area (Å²) in [5.41, 5.74) is 1.94. The van der Waals surface area contributed by atoms with Gasteiger partial charge in [-0.3, -0.25) is 4.79 Å². The molecule has 4 heteroatoms. The van der Waals surface area contributed by atoms with Gasteiger partial charge in [-0.25, -0.2) is 0 Å². The average Bonchev–Trinajstić information content (AvgIpc) is 2.82. The normalized spacial score (nSPS) is 23.0. The molecule has 0 spiro atoms. The van der Waals surface area contributed by atoms with Crippen molar-refractivity contribution in [2.75, 3.05) is 12.8 Å². The van der Waals surface area contributed by atoms with E-state index in [0.717, 1.165) is 11.8 Å². The van der Waals surface area contributed by atoms with E-state index in [-0.39, 0.29) is 5.91 Å². The van der Waals surface area contributed by atoms with E-state index in [1.807, 2.05) is 36.0 Å². The molecule has 18 heavy (non-hydrogen) atoms. The molecule has 1 aromatic rings. The van der Waals surface area contributed by atoms with E-state index >= 15 is 0 Å². The fraction of sp³-hybridized carbons (Fsp3) is 0.500. The van der Waals surface area contributed by atoms with Crippen molar-refractivity contribution in [3.8, 4) is 0 Å². The first-order chi connectivity index (χ1) is 8.69. The number of carbonyl (C=O) groups excluding carboxylic acids is 1. The van der Waals surface area contributed by atoms with E-state index < -0.39 is 0 Å². The highest BCUT2D eigenvalue weighted by atomic mass is 32.2. The van der Waals surface area contributed by atoms with Crippen LogP contribution in [0.5, 0.6) is 0 Å². The predicted octanol–water partition coefficient (Wildman–Crippen LogP) is 2.03. The topological polar surface area (TPSA) is 41.1 Å². The Labute approximate surface area is 113 Å². The smallest absolute Gasteiger partial charge is 0.251 e. The standard InChI is InChI=1S/C14H20N2OS/c1-10-7-13(9-18-10)16-8-11-3-5-12(6-4-11)14(17)15-2/h3-6,10,13,16H,7-9H2,1-2H3,(H,15,17). The van der Waals surface area contributed by atoms with Crippen molar-refractivity contribution >= 4 is 17.7 Å². The lowest BCUT2D eigenvalue weighted by Gasteiger charge is -2.11. The molecule has 0 aliphatic carbocycles. The third-order valence-corrected chi connectivity index (χ3v) is 4.59. The largest absolute Gasteiger partial charge is 0.355 e. The molecule has 1 fully saturated rings. The Morgan fingerprint density at radius 2 is 2.11 bits per heavy atom. The Bertz CT molecular complexity index is 405. The summed E-state index contributed by atoms with van der Waals surface area (Å²) < 4.78 is 0. The van der Waals surface area contributed by atoms with Crippen LogP contribution in [0.3, 0.4) is 0 Å². The lowest BCUT2D eigenvalue weighted by Crippen LogP contribution is -2.28. The van der Waals surface area contributed by atoms with Gasteiger partial charge in [0.25, 0.3) is 5.91 Å². The van der Waals surface area contributed by atoms with Crippen LogP contribution in [0.25, 0.3) is 0 Å². The van der Waals surface area contributed by atoms with Crippen LogP contribution in [0.15, 0.2) is 24.3 Å². The zero-order valence-electron chi connectivity index (χ0n) is 10.9. The third kappa shape index (κ3) is 3.50. The number of hydrogen-bond acceptors (Lipinski definition) is 3. The van der Waals surface area contributed by atoms with Crippen LogP contribution in [-0.4, -0.2) is 30.0 Å². The number of carbonyl (C=O) groups is 1. The van der Waals surface area contributed by atoms with Crippen molar-refractivity contribution < 1.29 is 4.79 Å². The number of amides is 1. The summed E-state index contributed by atoms with van der Waals surface area (Å²) in [4.78, 5) is 11.4. The Balaban J connectivity index is 1.85. The summed E-state index contributed by atoms with van der Waals surface area (Å²) >= 11 is 2.03. The van der Waals surface area contributed by atoms with Gasteiger partial charge in [-0.15, -0.1) is 0 Å². The van der Waals surface area contributed by atoms with Crippen LogP contribution < -0.4 is 10.6 Å². The quantitative estimate of drug-likeness (QED) is 0.874. The van der Waals surface area contributed by atoms with Crippen molar-refractivity contribution in [3.63, 3.8) is 0 Å². The van der Waals surface area contributed by atoms with Crippen LogP contribution in [0.2, 0.25) is 0 Å². The summed E-state index contributed by atoms with van der Waals surface area (Å²) in [5.74, 6) is 1.17. The molecule has 1 aliphatic rings. The van der Waals surface area contributed by atoms with Crippen LogP contribution >= 0.6 is 11.8 Å². The monoisotopic (exact) mass is 264 g/mol. The van der Waals surface area contributed by atoms with Crippen molar-refractivity contribution in [3.05, 3.63) is 35.4 Å². The Hall–Kier alpha value is -1.00. The van der Waals surface area contributed by atoms with Crippen LogP contribution in [0, 0.1) is 0 Å². The fourth-order valence-electron chi connectivity index (χ4n) is 2.14. The van der Waals surface area contributed by atoms with Gasteiger partial charge in [-0.2, -0.15) is 11.8 Å². The second-order valence-electron chi connectivity index (χ2n) is 4.73. The zero-order chi connectivity index (χ0) is 13.0. The molecule has 1 amide bonds. The first kappa shape index (κ1) is 13.4. The van der Waals surface area contributed by atoms with Gasteiger partial charge in [0.1, 0.15) is 0 Å². The average molecular weight is 264 g/mol. The van der Waals surface area contributed by atoms with Crippen LogP contribution in [0.4, 0.5) is 0 Å². The molecule has 98 valence electrons. The van der Waals surface area contributed by atoms with Gasteiger partial charge in [0.05, 0.1) is 0 Å². The zero-order valence-corrected chi connectivity index (χ0v) is 11.7. The summed E-state index contributed by atoms with van der Waals surface area (Å²) in [6.45, 7) is 3.16. The summed E-state index contributed by atoms with van der Waals surface area (Å²) in [7, 11) is 1.65. The Morgan fingerprint density at radius 3 is 2.67 bits per heavy atom. The minimum absolute atomic E-state index is 0.0319. The Morgan fingerprint density at radius 1 is 1.39 bits per heavy atom. The van der Waals surface area contributed by atoms with Gasteiger partial charge in [0.2, 0.25) is 0 Å². The molecule has 3 nitrogen and oxygen atoms in total. The predicted molar refractivity (Wildman–Crippen MR) is 77.0 cm³/mol. The van der Waals surface area contributed by atoms with E-state index in [2.05, 4.69) is 17.6 Å². The maximum atomic E-state index is 11.4. The lowest BCUT2D eigenvalue weighted by atomic mass is 10.1. The van der Waals surface area contributed by atoms with Gasteiger partial charge >= 0.3 is 0 Å². The van der Waals surface area contributed by atoms with Crippen LogP contribution in [0.1, 0.15) is 29.3 Å². The molecule has 1 aliphatic heterocycles. The lowest BCUT2D eigenvalue weighted by molar-refractivity contribution is 0.0963. The minimum atomic E-state index is -0.0319. The maximum absolute atomic E-state index is 11.4. The summed E-state index contributed by atoms with van der Waals surface area (Å²) in [6.07, 6.45) is 1.25. The molecule has 1 heterocycles. The summed E-state index contributed by atoms with van der Waals surface area (Å²) in [6, 6.07) is 8.42. The molecule has 1 saturated heterocycles. The van der Waals surface area contributed by atoms with Crippen molar-refractivity contribution in [1.82, 2.24) is 10.6 Å². The number of nitrogens with one attached hydrogen (secondary N) is 2. The molecule has 0 aromatic heterocycles. The highest BCUT2D eigenvalue weighted by Crippen LogP contribution is 2.26. The second-order valence-corrected chi connectivity index (χ2v) is 6.20. The molecule has 0 saturated carbocycles. The molecule has 2 N–H and O–H groups in total. The highest BCUT2D eigenvalue weighted by molar-refractivity contribution is 8.00. The first-order valence-electron chi connectivity index (χ1n) is 6.35. The second kappa shape index (κ2) is 6.25. The molecular formula is C14H20N2OS. The molecule has 2 atom stereocenters. The fourth-order valence-corrected chi connectivity index (χ4v) is 3.32. The van der Waals surface area contributed by atoms with Gasteiger partial charge in [0.15, 0.2) is 0 Å². The number of rotatable bonds is 4. The van der Waals surface area contributed by atoms with E-state index in [4.69, 9.17) is 0 Å². The summed E-state index contributed by atoms with van der Waals surface area (Å²) in [5, 5.41) is 6.97. The molecule has 2 rings (SSSR count). The SMILES string of the molecule is CNC(=O)c1ccc(CNC2CSC(C)C2)cc1. The van der Waals surface area contributed by atoms with Gasteiger partial charge < -0.3 is 10.6 Å². The molecule has 2 unspecified atom stereocenters. The van der Waals surface area contributed by atoms with Crippen molar-refractivity contribution in [1.29, 1.82) is 0 Å². The molecule has 0 radical (unpaired) electrons. The van der Waals surface area contributed by atoms with E-state index in [9.17, 15) is 4.79 Å². The highest BCUT2D eigenvalue weighted by Gasteiger charge is 2.20. The minimum Gasteiger partial charge on any atom is -0.355 e. The Kier molecular flexibility index (Phi) is 4.66. The van der Waals surface area contributed by atoms with Gasteiger partial charge in [-0.05, 0) is 24.1 Å². The number of benzene rings is 1. The number of thioether (sulfide) groups is 1. The van der Waals surface area contributed by atoms with E-state index in [1.54, 1.807) is 7.05 Å². The molecule has 0 bridgehead atoms. The molecule has 1 aromatic carbocycles. The third-order valence-electron chi connectivity index (χ3n) is 3.24. The van der Waals surface area contributed by atoms with Gasteiger partial charge in [0, 0.05) is 36.2 Å². The number of hydrogen-bond donors (Lipinski definition) is 2. The van der Waals surface area contributed by atoms with E-state index in [0.29, 0.717) is 11.6 Å². The van der Waals surface area contributed by atoms with Crippen molar-refractivity contribution in [2.24, 2.45) is 0 Å². The van der Waals surface area contributed by atoms with Crippen molar-refractivity contribution in [2.45, 2.75) is 31.2 Å². The van der Waals surface area contributed by atoms with Gasteiger partial charge in [-0.1, -0.05) is 19.1 Å².